The average Bonchev–Trinajstić information content (AvgIpc) is 2.88. The van der Waals surface area contributed by atoms with Gasteiger partial charge in [-0.2, -0.15) is 0 Å². The third kappa shape index (κ3) is 2.71. The van der Waals surface area contributed by atoms with Crippen molar-refractivity contribution < 1.29 is 9.47 Å². The van der Waals surface area contributed by atoms with Crippen LogP contribution in [0.15, 0.2) is 18.2 Å². The van der Waals surface area contributed by atoms with Gasteiger partial charge in [0.15, 0.2) is 11.5 Å². The zero-order valence-electron chi connectivity index (χ0n) is 11.8. The van der Waals surface area contributed by atoms with E-state index in [4.69, 9.17) is 9.47 Å². The van der Waals surface area contributed by atoms with Gasteiger partial charge in [0.1, 0.15) is 0 Å². The largest absolute Gasteiger partial charge is 0.454 e. The SMILES string of the molecule is C[C@H]1[C@@H](NCc2ccc3c(c2)OCO3)CCC[C@@H]1C. The quantitative estimate of drug-likeness (QED) is 0.905. The first kappa shape index (κ1) is 12.8. The number of nitrogens with one attached hydrogen (secondary N) is 1. The first-order valence-electron chi connectivity index (χ1n) is 7.36. The molecule has 1 N–H and O–H groups in total. The van der Waals surface area contributed by atoms with Gasteiger partial charge < -0.3 is 14.8 Å². The Balaban J connectivity index is 1.60. The minimum absolute atomic E-state index is 0.351. The molecule has 19 heavy (non-hydrogen) atoms. The lowest BCUT2D eigenvalue weighted by atomic mass is 9.78. The highest BCUT2D eigenvalue weighted by atomic mass is 16.7. The van der Waals surface area contributed by atoms with Gasteiger partial charge in [0.05, 0.1) is 0 Å². The Hall–Kier alpha value is -1.22. The van der Waals surface area contributed by atoms with Crippen LogP contribution in [0.3, 0.4) is 0 Å². The second-order valence-corrected chi connectivity index (χ2v) is 5.94. The monoisotopic (exact) mass is 261 g/mol. The zero-order valence-corrected chi connectivity index (χ0v) is 11.8. The summed E-state index contributed by atoms with van der Waals surface area (Å²) in [6, 6.07) is 6.87. The van der Waals surface area contributed by atoms with Crippen LogP contribution < -0.4 is 14.8 Å². The molecule has 1 heterocycles. The molecule has 3 rings (SSSR count). The summed E-state index contributed by atoms with van der Waals surface area (Å²) in [5, 5.41) is 3.71. The summed E-state index contributed by atoms with van der Waals surface area (Å²) in [6.07, 6.45) is 4.03. The molecule has 3 heteroatoms. The highest BCUT2D eigenvalue weighted by Crippen LogP contribution is 2.33. The van der Waals surface area contributed by atoms with Crippen molar-refractivity contribution in [1.29, 1.82) is 0 Å². The molecule has 104 valence electrons. The minimum Gasteiger partial charge on any atom is -0.454 e. The molecule has 0 amide bonds. The molecule has 3 nitrogen and oxygen atoms in total. The van der Waals surface area contributed by atoms with Gasteiger partial charge in [-0.15, -0.1) is 0 Å². The molecule has 0 bridgehead atoms. The number of ether oxygens (including phenoxy) is 2. The topological polar surface area (TPSA) is 30.5 Å². The van der Waals surface area contributed by atoms with Crippen LogP contribution in [-0.2, 0) is 6.54 Å². The summed E-state index contributed by atoms with van der Waals surface area (Å²) in [4.78, 5) is 0. The van der Waals surface area contributed by atoms with E-state index < -0.39 is 0 Å². The smallest absolute Gasteiger partial charge is 0.231 e. The maximum absolute atomic E-state index is 5.42. The van der Waals surface area contributed by atoms with Crippen LogP contribution in [-0.4, -0.2) is 12.8 Å². The van der Waals surface area contributed by atoms with Crippen LogP contribution >= 0.6 is 0 Å². The van der Waals surface area contributed by atoms with E-state index >= 15 is 0 Å². The predicted octanol–water partition coefficient (Wildman–Crippen LogP) is 3.33. The molecule has 0 aromatic heterocycles. The molecule has 1 aliphatic heterocycles. The number of fused-ring (bicyclic) bond motifs is 1. The summed E-state index contributed by atoms with van der Waals surface area (Å²) in [6.45, 7) is 6.02. The fourth-order valence-corrected chi connectivity index (χ4v) is 3.17. The molecule has 1 aliphatic carbocycles. The van der Waals surface area contributed by atoms with Gasteiger partial charge in [-0.05, 0) is 36.0 Å². The summed E-state index contributed by atoms with van der Waals surface area (Å²) in [7, 11) is 0. The molecular formula is C16H23NO2. The van der Waals surface area contributed by atoms with Gasteiger partial charge in [0, 0.05) is 12.6 Å². The van der Waals surface area contributed by atoms with Crippen molar-refractivity contribution in [1.82, 2.24) is 5.32 Å². The fourth-order valence-electron chi connectivity index (χ4n) is 3.17. The van der Waals surface area contributed by atoms with E-state index in [0.717, 1.165) is 29.9 Å². The second-order valence-electron chi connectivity index (χ2n) is 5.94. The zero-order chi connectivity index (χ0) is 13.2. The molecule has 0 unspecified atom stereocenters. The van der Waals surface area contributed by atoms with Crippen molar-refractivity contribution in [3.8, 4) is 11.5 Å². The van der Waals surface area contributed by atoms with Crippen molar-refractivity contribution in [3.05, 3.63) is 23.8 Å². The lowest BCUT2D eigenvalue weighted by Crippen LogP contribution is -2.40. The van der Waals surface area contributed by atoms with Crippen LogP contribution in [0.2, 0.25) is 0 Å². The van der Waals surface area contributed by atoms with Crippen LogP contribution in [0, 0.1) is 11.8 Å². The Morgan fingerprint density at radius 3 is 2.89 bits per heavy atom. The molecule has 1 aromatic carbocycles. The second kappa shape index (κ2) is 5.41. The van der Waals surface area contributed by atoms with Crippen LogP contribution in [0.1, 0.15) is 38.7 Å². The van der Waals surface area contributed by atoms with Crippen molar-refractivity contribution in [2.45, 2.75) is 45.7 Å². The number of hydrogen-bond donors (Lipinski definition) is 1. The molecule has 0 saturated heterocycles. The van der Waals surface area contributed by atoms with Gasteiger partial charge in [-0.25, -0.2) is 0 Å². The van der Waals surface area contributed by atoms with Crippen molar-refractivity contribution in [2.24, 2.45) is 11.8 Å². The van der Waals surface area contributed by atoms with Gasteiger partial charge in [0.25, 0.3) is 0 Å². The Bertz CT molecular complexity index is 446. The molecule has 1 fully saturated rings. The van der Waals surface area contributed by atoms with E-state index in [-0.39, 0.29) is 0 Å². The van der Waals surface area contributed by atoms with Crippen molar-refractivity contribution >= 4 is 0 Å². The average molecular weight is 261 g/mol. The summed E-state index contributed by atoms with van der Waals surface area (Å²) >= 11 is 0. The van der Waals surface area contributed by atoms with E-state index in [0.29, 0.717) is 12.8 Å². The highest BCUT2D eigenvalue weighted by molar-refractivity contribution is 5.44. The number of hydrogen-bond acceptors (Lipinski definition) is 3. The third-order valence-electron chi connectivity index (χ3n) is 4.71. The fraction of sp³-hybridized carbons (Fsp3) is 0.625. The van der Waals surface area contributed by atoms with Gasteiger partial charge in [-0.1, -0.05) is 32.8 Å². The van der Waals surface area contributed by atoms with Gasteiger partial charge >= 0.3 is 0 Å². The Morgan fingerprint density at radius 1 is 1.16 bits per heavy atom. The van der Waals surface area contributed by atoms with Crippen LogP contribution in [0.5, 0.6) is 11.5 Å². The molecule has 0 radical (unpaired) electrons. The first-order valence-corrected chi connectivity index (χ1v) is 7.36. The standard InChI is InChI=1S/C16H23NO2/c1-11-4-3-5-14(12(11)2)17-9-13-6-7-15-16(8-13)19-10-18-15/h6-8,11-12,14,17H,3-5,9-10H2,1-2H3/t11-,12+,14-/m0/s1. The minimum atomic E-state index is 0.351. The molecule has 1 saturated carbocycles. The molecule has 1 aromatic rings. The normalized spacial score (nSPS) is 29.5. The first-order chi connectivity index (χ1) is 9.24. The Labute approximate surface area is 115 Å². The summed E-state index contributed by atoms with van der Waals surface area (Å²) in [5.41, 5.74) is 1.27. The number of benzene rings is 1. The van der Waals surface area contributed by atoms with Gasteiger partial charge in [0.2, 0.25) is 6.79 Å². The number of rotatable bonds is 3. The molecule has 0 spiro atoms. The maximum Gasteiger partial charge on any atom is 0.231 e. The van der Waals surface area contributed by atoms with Gasteiger partial charge in [-0.3, -0.25) is 0 Å². The van der Waals surface area contributed by atoms with Crippen molar-refractivity contribution in [2.75, 3.05) is 6.79 Å². The third-order valence-corrected chi connectivity index (χ3v) is 4.71. The van der Waals surface area contributed by atoms with E-state index in [2.05, 4.69) is 31.3 Å². The lowest BCUT2D eigenvalue weighted by molar-refractivity contribution is 0.174. The summed E-state index contributed by atoms with van der Waals surface area (Å²) in [5.74, 6) is 3.35. The van der Waals surface area contributed by atoms with Crippen LogP contribution in [0.25, 0.3) is 0 Å². The predicted molar refractivity (Wildman–Crippen MR) is 75.4 cm³/mol. The maximum atomic E-state index is 5.42. The van der Waals surface area contributed by atoms with E-state index in [9.17, 15) is 0 Å². The van der Waals surface area contributed by atoms with E-state index in [1.54, 1.807) is 0 Å². The molecule has 2 aliphatic rings. The Morgan fingerprint density at radius 2 is 2.00 bits per heavy atom. The highest BCUT2D eigenvalue weighted by Gasteiger charge is 2.26. The van der Waals surface area contributed by atoms with Crippen molar-refractivity contribution in [3.63, 3.8) is 0 Å². The molecule has 3 atom stereocenters. The Kier molecular flexibility index (Phi) is 3.65. The van der Waals surface area contributed by atoms with Crippen LogP contribution in [0.4, 0.5) is 0 Å². The summed E-state index contributed by atoms with van der Waals surface area (Å²) < 4.78 is 10.8. The van der Waals surface area contributed by atoms with E-state index in [1.807, 2.05) is 6.07 Å². The lowest BCUT2D eigenvalue weighted by Gasteiger charge is -2.34. The molecular weight excluding hydrogens is 238 g/mol. The van der Waals surface area contributed by atoms with E-state index in [1.165, 1.54) is 24.8 Å².